The summed E-state index contributed by atoms with van der Waals surface area (Å²) >= 11 is 0. The van der Waals surface area contributed by atoms with Crippen LogP contribution in [0.3, 0.4) is 0 Å². The highest BCUT2D eigenvalue weighted by molar-refractivity contribution is 8.76. The van der Waals surface area contributed by atoms with Crippen LogP contribution in [-0.4, -0.2) is 34.3 Å². The largest absolute Gasteiger partial charge is 0.363 e. The van der Waals surface area contributed by atoms with Gasteiger partial charge in [-0.1, -0.05) is 29.0 Å². The van der Waals surface area contributed by atoms with E-state index < -0.39 is 5.97 Å². The Morgan fingerprint density at radius 1 is 1.15 bits per heavy atom. The van der Waals surface area contributed by atoms with Gasteiger partial charge in [0, 0.05) is 24.3 Å². The summed E-state index contributed by atoms with van der Waals surface area (Å²) in [5.41, 5.74) is 1.39. The van der Waals surface area contributed by atoms with E-state index in [1.165, 1.54) is 0 Å². The van der Waals surface area contributed by atoms with Gasteiger partial charge in [0.15, 0.2) is 5.78 Å². The minimum atomic E-state index is -0.646. The minimum Gasteiger partial charge on any atom is -0.332 e. The van der Waals surface area contributed by atoms with Crippen LogP contribution in [0.4, 0.5) is 0 Å². The van der Waals surface area contributed by atoms with Crippen LogP contribution in [-0.2, 0) is 14.4 Å². The van der Waals surface area contributed by atoms with Gasteiger partial charge in [-0.15, -0.1) is 0 Å². The maximum atomic E-state index is 12.2. The first-order chi connectivity index (χ1) is 13.0. The van der Waals surface area contributed by atoms with Crippen molar-refractivity contribution in [3.63, 3.8) is 0 Å². The van der Waals surface area contributed by atoms with E-state index in [2.05, 4.69) is 11.9 Å². The fraction of sp³-hybridized carbons (Fsp3) is 0.263. The Morgan fingerprint density at radius 2 is 1.93 bits per heavy atom. The first-order valence-electron chi connectivity index (χ1n) is 8.41. The van der Waals surface area contributed by atoms with Gasteiger partial charge in [-0.2, -0.15) is 5.06 Å². The monoisotopic (exact) mass is 402 g/mol. The zero-order valence-corrected chi connectivity index (χ0v) is 16.3. The van der Waals surface area contributed by atoms with Gasteiger partial charge in [0.2, 0.25) is 0 Å². The number of Topliss-reactive ketones (excluding diaryl/α,β-unsaturated/α-hetero) is 1. The molecule has 1 aromatic carbocycles. The van der Waals surface area contributed by atoms with E-state index in [1.54, 1.807) is 39.9 Å². The number of pyridine rings is 1. The molecule has 2 aromatic rings. The number of benzene rings is 1. The molecule has 3 rings (SSSR count). The lowest BCUT2D eigenvalue weighted by molar-refractivity contribution is -0.174. The second-order valence-corrected chi connectivity index (χ2v) is 8.52. The summed E-state index contributed by atoms with van der Waals surface area (Å²) in [5.74, 6) is -1.11. The van der Waals surface area contributed by atoms with E-state index in [0.717, 1.165) is 15.7 Å². The average Bonchev–Trinajstić information content (AvgIpc) is 2.70. The smallest absolute Gasteiger partial charge is 0.332 e. The fourth-order valence-electron chi connectivity index (χ4n) is 2.40. The van der Waals surface area contributed by atoms with E-state index in [4.69, 9.17) is 4.84 Å². The lowest BCUT2D eigenvalue weighted by atomic mass is 10.1. The topological polar surface area (TPSA) is 76.6 Å². The second-order valence-electron chi connectivity index (χ2n) is 5.96. The molecule has 1 atom stereocenters. The van der Waals surface area contributed by atoms with Gasteiger partial charge in [0.05, 0.1) is 5.56 Å². The standard InChI is InChI=1S/C19H18N2O4S2/c1-13(26-27-17-4-2-3-11-20-17)14-5-7-15(8-6-14)19(24)25-21-12-16(22)9-10-18(21)23/h2-8,11,13H,9-10,12H2,1H3. The molecule has 6 nitrogen and oxygen atoms in total. The molecule has 0 N–H and O–H groups in total. The highest BCUT2D eigenvalue weighted by Gasteiger charge is 2.27. The number of hydrogen-bond acceptors (Lipinski definition) is 7. The van der Waals surface area contributed by atoms with Gasteiger partial charge in [0.1, 0.15) is 11.6 Å². The number of rotatable bonds is 6. The maximum absolute atomic E-state index is 12.2. The van der Waals surface area contributed by atoms with Crippen molar-refractivity contribution < 1.29 is 19.2 Å². The summed E-state index contributed by atoms with van der Waals surface area (Å²) in [6, 6.07) is 12.8. The highest BCUT2D eigenvalue weighted by Crippen LogP contribution is 2.41. The molecule has 0 spiro atoms. The lowest BCUT2D eigenvalue weighted by Gasteiger charge is -2.23. The molecule has 0 aliphatic carbocycles. The van der Waals surface area contributed by atoms with Crippen molar-refractivity contribution in [1.82, 2.24) is 10.0 Å². The molecule has 1 aromatic heterocycles. The Morgan fingerprint density at radius 3 is 2.63 bits per heavy atom. The Labute approximate surface area is 165 Å². The first-order valence-corrected chi connectivity index (χ1v) is 10.6. The predicted molar refractivity (Wildman–Crippen MR) is 104 cm³/mol. The summed E-state index contributed by atoms with van der Waals surface area (Å²) in [6.45, 7) is 1.90. The molecule has 140 valence electrons. The van der Waals surface area contributed by atoms with Crippen molar-refractivity contribution in [1.29, 1.82) is 0 Å². The summed E-state index contributed by atoms with van der Waals surface area (Å²) in [4.78, 5) is 44.7. The molecule has 1 saturated heterocycles. The molecule has 0 bridgehead atoms. The van der Waals surface area contributed by atoms with Crippen LogP contribution in [0.15, 0.2) is 53.7 Å². The predicted octanol–water partition coefficient (Wildman–Crippen LogP) is 3.85. The molecule has 0 saturated carbocycles. The highest BCUT2D eigenvalue weighted by atomic mass is 33.1. The first kappa shape index (κ1) is 19.4. The quantitative estimate of drug-likeness (QED) is 0.679. The number of piperidine rings is 1. The van der Waals surface area contributed by atoms with Crippen molar-refractivity contribution in [2.75, 3.05) is 6.54 Å². The summed E-state index contributed by atoms with van der Waals surface area (Å²) in [5, 5.41) is 1.99. The number of nitrogens with zero attached hydrogens (tertiary/aromatic N) is 2. The lowest BCUT2D eigenvalue weighted by Crippen LogP contribution is -2.41. The normalized spacial score (nSPS) is 15.5. The van der Waals surface area contributed by atoms with Gasteiger partial charge in [0.25, 0.3) is 5.91 Å². The van der Waals surface area contributed by atoms with Crippen LogP contribution in [0.1, 0.15) is 40.9 Å². The Bertz CT molecular complexity index is 827. The zero-order valence-electron chi connectivity index (χ0n) is 14.7. The minimum absolute atomic E-state index is 0.0771. The molecule has 1 unspecified atom stereocenters. The van der Waals surface area contributed by atoms with Crippen LogP contribution in [0.5, 0.6) is 0 Å². The third-order valence-electron chi connectivity index (χ3n) is 3.94. The number of hydroxylamine groups is 2. The van der Waals surface area contributed by atoms with Gasteiger partial charge in [-0.05, 0) is 47.5 Å². The van der Waals surface area contributed by atoms with Gasteiger partial charge in [-0.25, -0.2) is 9.78 Å². The molecule has 8 heteroatoms. The summed E-state index contributed by atoms with van der Waals surface area (Å²) < 4.78 is 0. The zero-order chi connectivity index (χ0) is 19.2. The fourth-order valence-corrected chi connectivity index (χ4v) is 4.51. The van der Waals surface area contributed by atoms with Crippen molar-refractivity contribution >= 4 is 39.2 Å². The number of carbonyl (C=O) groups excluding carboxylic acids is 3. The molecule has 1 fully saturated rings. The molecular formula is C19H18N2O4S2. The number of carbonyl (C=O) groups is 3. The van der Waals surface area contributed by atoms with Gasteiger partial charge in [-0.3, -0.25) is 9.59 Å². The van der Waals surface area contributed by atoms with Crippen molar-refractivity contribution in [3.8, 4) is 0 Å². The number of aromatic nitrogens is 1. The number of amides is 1. The summed E-state index contributed by atoms with van der Waals surface area (Å²) in [7, 11) is 3.27. The van der Waals surface area contributed by atoms with Crippen LogP contribution in [0, 0.1) is 0 Å². The van der Waals surface area contributed by atoms with E-state index in [1.807, 2.05) is 30.3 Å². The van der Waals surface area contributed by atoms with E-state index in [-0.39, 0.29) is 36.3 Å². The van der Waals surface area contributed by atoms with Crippen molar-refractivity contribution in [2.24, 2.45) is 0 Å². The summed E-state index contributed by atoms with van der Waals surface area (Å²) in [6.07, 6.45) is 2.04. The van der Waals surface area contributed by atoms with Crippen LogP contribution >= 0.6 is 21.6 Å². The van der Waals surface area contributed by atoms with Crippen LogP contribution < -0.4 is 0 Å². The average molecular weight is 402 g/mol. The van der Waals surface area contributed by atoms with Gasteiger partial charge >= 0.3 is 5.97 Å². The van der Waals surface area contributed by atoms with Crippen molar-refractivity contribution in [3.05, 3.63) is 59.8 Å². The third-order valence-corrected chi connectivity index (χ3v) is 6.68. The molecule has 1 amide bonds. The van der Waals surface area contributed by atoms with E-state index in [9.17, 15) is 14.4 Å². The molecule has 1 aliphatic rings. The molecular weight excluding hydrogens is 384 g/mol. The maximum Gasteiger partial charge on any atom is 0.363 e. The Hall–Kier alpha value is -2.32. The molecule has 27 heavy (non-hydrogen) atoms. The van der Waals surface area contributed by atoms with Gasteiger partial charge < -0.3 is 4.84 Å². The Balaban J connectivity index is 1.56. The molecule has 0 radical (unpaired) electrons. The van der Waals surface area contributed by atoms with Crippen LogP contribution in [0.2, 0.25) is 0 Å². The number of hydrogen-bond donors (Lipinski definition) is 0. The Kier molecular flexibility index (Phi) is 6.52. The second kappa shape index (κ2) is 9.05. The molecule has 2 heterocycles. The molecule has 1 aliphatic heterocycles. The van der Waals surface area contributed by atoms with E-state index >= 15 is 0 Å². The SMILES string of the molecule is CC(SSc1ccccn1)c1ccc(C(=O)ON2CC(=O)CCC2=O)cc1. The van der Waals surface area contributed by atoms with Crippen LogP contribution in [0.25, 0.3) is 0 Å². The van der Waals surface area contributed by atoms with Crippen molar-refractivity contribution in [2.45, 2.75) is 30.0 Å². The third kappa shape index (κ3) is 5.33. The number of ketones is 1. The van der Waals surface area contributed by atoms with E-state index in [0.29, 0.717) is 5.56 Å².